The van der Waals surface area contributed by atoms with E-state index in [2.05, 4.69) is 30.3 Å². The molecule has 2 aliphatic heterocycles. The average molecular weight is 577 g/mol. The Bertz CT molecular complexity index is 624. The Morgan fingerprint density at radius 1 is 0.970 bits per heavy atom. The van der Waals surface area contributed by atoms with Gasteiger partial charge in [0, 0.05) is 77.4 Å². The van der Waals surface area contributed by atoms with Gasteiger partial charge in [0.15, 0.2) is 5.96 Å². The molecule has 4 fully saturated rings. The van der Waals surface area contributed by atoms with Crippen molar-refractivity contribution in [3.8, 4) is 0 Å². The maximum absolute atomic E-state index is 12.4. The molecule has 0 aromatic carbocycles. The number of hydrogen-bond donors (Lipinski definition) is 2. The normalized spacial score (nSPS) is 25.1. The minimum absolute atomic E-state index is 0. The van der Waals surface area contributed by atoms with Crippen molar-refractivity contribution in [3.63, 3.8) is 0 Å². The van der Waals surface area contributed by atoms with Gasteiger partial charge >= 0.3 is 0 Å². The lowest BCUT2D eigenvalue weighted by Crippen LogP contribution is -2.60. The second-order valence-corrected chi connectivity index (χ2v) is 10.0. The van der Waals surface area contributed by atoms with E-state index in [0.717, 1.165) is 90.9 Å². The van der Waals surface area contributed by atoms with Crippen molar-refractivity contribution in [2.24, 2.45) is 10.9 Å². The zero-order valence-corrected chi connectivity index (χ0v) is 22.9. The summed E-state index contributed by atoms with van der Waals surface area (Å²) in [4.78, 5) is 24.1. The Balaban J connectivity index is 0.00000306. The quantitative estimate of drug-likeness (QED) is 0.274. The zero-order valence-electron chi connectivity index (χ0n) is 20.5. The molecular weight excluding hydrogens is 531 g/mol. The minimum atomic E-state index is 0. The van der Waals surface area contributed by atoms with Gasteiger partial charge in [0.1, 0.15) is 0 Å². The number of nitrogens with zero attached hydrogens (tertiary/aromatic N) is 4. The molecule has 33 heavy (non-hydrogen) atoms. The molecule has 2 aliphatic carbocycles. The largest absolute Gasteiger partial charge is 0.379 e. The number of halogens is 1. The maximum atomic E-state index is 12.4. The van der Waals surface area contributed by atoms with Gasteiger partial charge in [0.05, 0.1) is 13.2 Å². The fourth-order valence-electron chi connectivity index (χ4n) is 5.76. The van der Waals surface area contributed by atoms with Gasteiger partial charge in [0.2, 0.25) is 5.91 Å². The maximum Gasteiger partial charge on any atom is 0.225 e. The number of amides is 1. The SMILES string of the molecule is CN=C(NCCN1CCN(C(=O)C2CCC2)CC1)NCC1(N2CCOCC2)CCCCC1.I. The zero-order chi connectivity index (χ0) is 22.2. The molecule has 2 heterocycles. The molecule has 4 rings (SSSR count). The molecule has 0 bridgehead atoms. The number of hydrogen-bond acceptors (Lipinski definition) is 5. The molecule has 0 atom stereocenters. The molecule has 0 aromatic rings. The lowest BCUT2D eigenvalue weighted by atomic mass is 9.80. The van der Waals surface area contributed by atoms with Crippen LogP contribution >= 0.6 is 24.0 Å². The molecule has 9 heteroatoms. The van der Waals surface area contributed by atoms with E-state index in [1.807, 2.05) is 7.05 Å². The van der Waals surface area contributed by atoms with E-state index in [1.54, 1.807) is 0 Å². The first kappa shape index (κ1) is 26.9. The smallest absolute Gasteiger partial charge is 0.225 e. The third-order valence-corrected chi connectivity index (χ3v) is 8.13. The molecular formula is C24H45IN6O2. The molecule has 2 N–H and O–H groups in total. The van der Waals surface area contributed by atoms with Crippen molar-refractivity contribution >= 4 is 35.8 Å². The molecule has 2 saturated carbocycles. The van der Waals surface area contributed by atoms with Crippen LogP contribution < -0.4 is 10.6 Å². The van der Waals surface area contributed by atoms with Gasteiger partial charge in [-0.3, -0.25) is 19.6 Å². The topological polar surface area (TPSA) is 72.4 Å². The average Bonchev–Trinajstić information content (AvgIpc) is 2.81. The number of ether oxygens (including phenoxy) is 1. The van der Waals surface area contributed by atoms with E-state index in [1.165, 1.54) is 38.5 Å². The number of carbonyl (C=O) groups excluding carboxylic acids is 1. The Labute approximate surface area is 217 Å². The van der Waals surface area contributed by atoms with E-state index in [0.29, 0.717) is 11.8 Å². The molecule has 0 aromatic heterocycles. The summed E-state index contributed by atoms with van der Waals surface area (Å²) in [6.07, 6.45) is 9.95. The highest BCUT2D eigenvalue weighted by Gasteiger charge is 2.38. The highest BCUT2D eigenvalue weighted by atomic mass is 127. The summed E-state index contributed by atoms with van der Waals surface area (Å²) in [5, 5.41) is 7.17. The number of piperazine rings is 1. The minimum Gasteiger partial charge on any atom is -0.379 e. The van der Waals surface area contributed by atoms with Gasteiger partial charge < -0.3 is 20.3 Å². The molecule has 190 valence electrons. The van der Waals surface area contributed by atoms with Gasteiger partial charge in [-0.05, 0) is 25.7 Å². The monoisotopic (exact) mass is 576 g/mol. The van der Waals surface area contributed by atoms with Crippen molar-refractivity contribution in [2.45, 2.75) is 56.9 Å². The summed E-state index contributed by atoms with van der Waals surface area (Å²) in [5.41, 5.74) is 0.239. The molecule has 0 radical (unpaired) electrons. The predicted octanol–water partition coefficient (Wildman–Crippen LogP) is 1.75. The first-order valence-electron chi connectivity index (χ1n) is 13.0. The van der Waals surface area contributed by atoms with Crippen LogP contribution in [-0.4, -0.2) is 111 Å². The van der Waals surface area contributed by atoms with Crippen LogP contribution in [0.5, 0.6) is 0 Å². The number of aliphatic imine (C=N–C) groups is 1. The number of morpholine rings is 1. The van der Waals surface area contributed by atoms with Crippen LogP contribution in [0.25, 0.3) is 0 Å². The predicted molar refractivity (Wildman–Crippen MR) is 143 cm³/mol. The second kappa shape index (κ2) is 13.4. The van der Waals surface area contributed by atoms with Crippen LogP contribution in [0.15, 0.2) is 4.99 Å². The van der Waals surface area contributed by atoms with Gasteiger partial charge in [0.25, 0.3) is 0 Å². The highest BCUT2D eigenvalue weighted by molar-refractivity contribution is 14.0. The van der Waals surface area contributed by atoms with Crippen molar-refractivity contribution in [1.29, 1.82) is 0 Å². The Morgan fingerprint density at radius 3 is 2.27 bits per heavy atom. The summed E-state index contributed by atoms with van der Waals surface area (Å²) in [5.74, 6) is 1.63. The van der Waals surface area contributed by atoms with Gasteiger partial charge in [-0.25, -0.2) is 0 Å². The van der Waals surface area contributed by atoms with E-state index in [-0.39, 0.29) is 29.5 Å². The van der Waals surface area contributed by atoms with Crippen molar-refractivity contribution in [3.05, 3.63) is 0 Å². The summed E-state index contributed by atoms with van der Waals surface area (Å²) < 4.78 is 5.61. The Hall–Kier alpha value is -0.650. The van der Waals surface area contributed by atoms with Crippen molar-refractivity contribution < 1.29 is 9.53 Å². The van der Waals surface area contributed by atoms with Crippen LogP contribution in [0.4, 0.5) is 0 Å². The van der Waals surface area contributed by atoms with Crippen LogP contribution in [-0.2, 0) is 9.53 Å². The van der Waals surface area contributed by atoms with Crippen LogP contribution in [0.3, 0.4) is 0 Å². The summed E-state index contributed by atoms with van der Waals surface area (Å²) in [6, 6.07) is 0. The number of guanidine groups is 1. The van der Waals surface area contributed by atoms with Crippen molar-refractivity contribution in [1.82, 2.24) is 25.3 Å². The summed E-state index contributed by atoms with van der Waals surface area (Å²) >= 11 is 0. The fourth-order valence-corrected chi connectivity index (χ4v) is 5.76. The molecule has 0 spiro atoms. The van der Waals surface area contributed by atoms with E-state index < -0.39 is 0 Å². The molecule has 8 nitrogen and oxygen atoms in total. The number of carbonyl (C=O) groups is 1. The van der Waals surface area contributed by atoms with Gasteiger partial charge in [-0.1, -0.05) is 25.7 Å². The van der Waals surface area contributed by atoms with Crippen LogP contribution in [0.2, 0.25) is 0 Å². The molecule has 2 saturated heterocycles. The van der Waals surface area contributed by atoms with E-state index in [4.69, 9.17) is 4.74 Å². The molecule has 4 aliphatic rings. The van der Waals surface area contributed by atoms with Gasteiger partial charge in [-0.15, -0.1) is 24.0 Å². The Morgan fingerprint density at radius 2 is 1.67 bits per heavy atom. The first-order valence-corrected chi connectivity index (χ1v) is 13.0. The van der Waals surface area contributed by atoms with Crippen LogP contribution in [0, 0.1) is 5.92 Å². The fraction of sp³-hybridized carbons (Fsp3) is 0.917. The standard InChI is InChI=1S/C24H44N6O2.HI/c1-25-23(27-20-24(8-3-2-4-9-24)30-16-18-32-19-17-30)26-10-11-28-12-14-29(15-13-28)22(31)21-6-5-7-21;/h21H,2-20H2,1H3,(H2,25,26,27);1H. The first-order chi connectivity index (χ1) is 15.7. The molecule has 0 unspecified atom stereocenters. The highest BCUT2D eigenvalue weighted by Crippen LogP contribution is 2.34. The second-order valence-electron chi connectivity index (χ2n) is 10.0. The lowest BCUT2D eigenvalue weighted by molar-refractivity contribution is -0.139. The van der Waals surface area contributed by atoms with Gasteiger partial charge in [-0.2, -0.15) is 0 Å². The summed E-state index contributed by atoms with van der Waals surface area (Å²) in [6.45, 7) is 10.3. The molecule has 1 amide bonds. The van der Waals surface area contributed by atoms with E-state index >= 15 is 0 Å². The third-order valence-electron chi connectivity index (χ3n) is 8.13. The number of nitrogens with one attached hydrogen (secondary N) is 2. The van der Waals surface area contributed by atoms with E-state index in [9.17, 15) is 4.79 Å². The van der Waals surface area contributed by atoms with Crippen molar-refractivity contribution in [2.75, 3.05) is 79.2 Å². The Kier molecular flexibility index (Phi) is 11.0. The third kappa shape index (κ3) is 7.18. The lowest BCUT2D eigenvalue weighted by Gasteiger charge is -2.48. The van der Waals surface area contributed by atoms with Crippen LogP contribution in [0.1, 0.15) is 51.4 Å². The number of rotatable bonds is 7. The summed E-state index contributed by atoms with van der Waals surface area (Å²) in [7, 11) is 1.86.